The van der Waals surface area contributed by atoms with Crippen LogP contribution in [0, 0.1) is 0 Å². The van der Waals surface area contributed by atoms with E-state index in [1.165, 1.54) is 25.5 Å². The van der Waals surface area contributed by atoms with Gasteiger partial charge in [-0.3, -0.25) is 30.1 Å². The summed E-state index contributed by atoms with van der Waals surface area (Å²) in [5.74, 6) is 1.91. The Morgan fingerprint density at radius 3 is 2.41 bits per heavy atom. The van der Waals surface area contributed by atoms with Crippen molar-refractivity contribution in [3.05, 3.63) is 95.5 Å². The third-order valence-electron chi connectivity index (χ3n) is 7.76. The SMILES string of the molecule is CC(C)(C)c1cc(NC(=O)Nc2ccc(Oc3ccnc4cc(OCCN5CCCCC5)ccc34)cc2Cl)n[nH]1.NC(=O)c1ccccn1. The lowest BCUT2D eigenvalue weighted by Crippen LogP contribution is -2.33. The maximum Gasteiger partial charge on any atom is 0.324 e. The molecule has 1 fully saturated rings. The molecule has 1 aliphatic rings. The van der Waals surface area contributed by atoms with Crippen LogP contribution in [0.3, 0.4) is 0 Å². The number of ether oxygens (including phenoxy) is 2. The average molecular weight is 685 g/mol. The number of primary amides is 1. The largest absolute Gasteiger partial charge is 0.492 e. The topological polar surface area (TPSA) is 160 Å². The fraction of sp³-hybridized carbons (Fsp3) is 0.306. The number of amides is 3. The van der Waals surface area contributed by atoms with Crippen molar-refractivity contribution in [1.82, 2.24) is 25.1 Å². The number of nitrogens with one attached hydrogen (secondary N) is 3. The van der Waals surface area contributed by atoms with E-state index in [2.05, 4.69) is 56.5 Å². The van der Waals surface area contributed by atoms with Crippen LogP contribution >= 0.6 is 11.6 Å². The van der Waals surface area contributed by atoms with Gasteiger partial charge in [0.2, 0.25) is 0 Å². The molecule has 3 amide bonds. The molecule has 0 unspecified atom stereocenters. The summed E-state index contributed by atoms with van der Waals surface area (Å²) in [6.45, 7) is 10.1. The molecular weight excluding hydrogens is 644 g/mol. The molecule has 0 saturated carbocycles. The van der Waals surface area contributed by atoms with Crippen LogP contribution in [0.2, 0.25) is 5.02 Å². The van der Waals surface area contributed by atoms with Crippen LogP contribution in [0.4, 0.5) is 16.3 Å². The fourth-order valence-corrected chi connectivity index (χ4v) is 5.31. The first-order chi connectivity index (χ1) is 23.5. The van der Waals surface area contributed by atoms with Crippen LogP contribution in [-0.4, -0.2) is 63.2 Å². The molecular formula is C36H41ClN8O4. The molecule has 2 aromatic carbocycles. The number of urea groups is 1. The number of likely N-dealkylation sites (tertiary alicyclic amines) is 1. The first-order valence-electron chi connectivity index (χ1n) is 16.1. The summed E-state index contributed by atoms with van der Waals surface area (Å²) < 4.78 is 12.2. The number of aromatic nitrogens is 4. The van der Waals surface area contributed by atoms with E-state index in [-0.39, 0.29) is 5.41 Å². The Hall–Kier alpha value is -5.20. The molecule has 1 aliphatic heterocycles. The molecule has 5 N–H and O–H groups in total. The zero-order valence-corrected chi connectivity index (χ0v) is 28.6. The predicted octanol–water partition coefficient (Wildman–Crippen LogP) is 7.39. The molecule has 0 radical (unpaired) electrons. The second-order valence-electron chi connectivity index (χ2n) is 12.6. The van der Waals surface area contributed by atoms with Gasteiger partial charge in [0.1, 0.15) is 29.5 Å². The highest BCUT2D eigenvalue weighted by molar-refractivity contribution is 6.34. The standard InChI is InChI=1S/C30H35ClN6O3.C6H6N2O/c1-30(2,3)27-19-28(36-35-27)34-29(38)33-24-10-8-21(17-23(24)31)40-26-11-12-32-25-18-20(7-9-22(25)26)39-16-15-37-13-5-4-6-14-37;7-6(9)5-3-1-2-4-8-5/h7-12,17-19H,4-6,13-16H2,1-3H3,(H3,33,34,35,36,38);1-4H,(H2,7,9). The van der Waals surface area contributed by atoms with Gasteiger partial charge in [-0.25, -0.2) is 4.79 Å². The van der Waals surface area contributed by atoms with E-state index in [0.717, 1.165) is 42.0 Å². The van der Waals surface area contributed by atoms with Crippen molar-refractivity contribution in [2.45, 2.75) is 45.4 Å². The summed E-state index contributed by atoms with van der Waals surface area (Å²) in [6.07, 6.45) is 7.10. The average Bonchev–Trinajstić information content (AvgIpc) is 3.56. The number of fused-ring (bicyclic) bond motifs is 1. The van der Waals surface area contributed by atoms with Crippen molar-refractivity contribution in [3.63, 3.8) is 0 Å². The zero-order valence-electron chi connectivity index (χ0n) is 27.8. The predicted molar refractivity (Wildman–Crippen MR) is 192 cm³/mol. The van der Waals surface area contributed by atoms with E-state index in [1.807, 2.05) is 30.3 Å². The molecule has 13 heteroatoms. The number of benzene rings is 2. The van der Waals surface area contributed by atoms with Crippen molar-refractivity contribution >= 4 is 45.9 Å². The number of carbonyl (C=O) groups is 2. The van der Waals surface area contributed by atoms with Gasteiger partial charge in [-0.2, -0.15) is 5.10 Å². The summed E-state index contributed by atoms with van der Waals surface area (Å²) >= 11 is 6.47. The second kappa shape index (κ2) is 16.3. The van der Waals surface area contributed by atoms with E-state index in [9.17, 15) is 9.59 Å². The Morgan fingerprint density at radius 2 is 1.73 bits per heavy atom. The summed E-state index contributed by atoms with van der Waals surface area (Å²) in [6, 6.07) is 19.1. The van der Waals surface area contributed by atoms with Crippen LogP contribution in [-0.2, 0) is 5.41 Å². The second-order valence-corrected chi connectivity index (χ2v) is 13.0. The molecule has 12 nitrogen and oxygen atoms in total. The summed E-state index contributed by atoms with van der Waals surface area (Å²) in [5, 5.41) is 13.8. The lowest BCUT2D eigenvalue weighted by molar-refractivity contribution is 0.0995. The van der Waals surface area contributed by atoms with Gasteiger partial charge in [0.05, 0.1) is 16.2 Å². The quantitative estimate of drug-likeness (QED) is 0.125. The number of pyridine rings is 2. The number of hydrogen-bond donors (Lipinski definition) is 4. The van der Waals surface area contributed by atoms with E-state index >= 15 is 0 Å². The van der Waals surface area contributed by atoms with Gasteiger partial charge in [-0.1, -0.05) is 44.9 Å². The molecule has 0 atom stereocenters. The third-order valence-corrected chi connectivity index (χ3v) is 8.07. The Kier molecular flexibility index (Phi) is 11.7. The minimum atomic E-state index is -0.490. The maximum atomic E-state index is 12.5. The molecule has 4 heterocycles. The van der Waals surface area contributed by atoms with E-state index < -0.39 is 11.9 Å². The van der Waals surface area contributed by atoms with Crippen molar-refractivity contribution in [2.24, 2.45) is 5.73 Å². The minimum Gasteiger partial charge on any atom is -0.492 e. The number of piperidine rings is 1. The number of nitrogens with zero attached hydrogens (tertiary/aromatic N) is 4. The zero-order chi connectivity index (χ0) is 34.8. The van der Waals surface area contributed by atoms with Crippen LogP contribution < -0.4 is 25.8 Å². The summed E-state index contributed by atoms with van der Waals surface area (Å²) in [7, 11) is 0. The highest BCUT2D eigenvalue weighted by Gasteiger charge is 2.18. The van der Waals surface area contributed by atoms with E-state index in [4.69, 9.17) is 26.8 Å². The van der Waals surface area contributed by atoms with E-state index in [0.29, 0.717) is 40.3 Å². The Labute approximate surface area is 290 Å². The van der Waals surface area contributed by atoms with Crippen molar-refractivity contribution in [2.75, 3.05) is 36.9 Å². The van der Waals surface area contributed by atoms with Gasteiger partial charge in [0.15, 0.2) is 5.82 Å². The summed E-state index contributed by atoms with van der Waals surface area (Å²) in [5.41, 5.74) is 7.26. The maximum absolute atomic E-state index is 12.5. The first kappa shape index (κ1) is 35.1. The molecule has 0 spiro atoms. The highest BCUT2D eigenvalue weighted by atomic mass is 35.5. The minimum absolute atomic E-state index is 0.106. The van der Waals surface area contributed by atoms with Gasteiger partial charge in [0, 0.05) is 53.6 Å². The van der Waals surface area contributed by atoms with Crippen molar-refractivity contribution in [3.8, 4) is 17.2 Å². The van der Waals surface area contributed by atoms with Gasteiger partial charge >= 0.3 is 6.03 Å². The lowest BCUT2D eigenvalue weighted by Gasteiger charge is -2.26. The van der Waals surface area contributed by atoms with Gasteiger partial charge in [0.25, 0.3) is 5.91 Å². The van der Waals surface area contributed by atoms with Crippen LogP contribution in [0.15, 0.2) is 79.1 Å². The highest BCUT2D eigenvalue weighted by Crippen LogP contribution is 2.34. The molecule has 1 saturated heterocycles. The number of carbonyl (C=O) groups excluding carboxylic acids is 2. The molecule has 49 heavy (non-hydrogen) atoms. The Bertz CT molecular complexity index is 1870. The van der Waals surface area contributed by atoms with Crippen LogP contribution in [0.25, 0.3) is 10.9 Å². The van der Waals surface area contributed by atoms with Gasteiger partial charge in [-0.05, 0) is 68.4 Å². The molecule has 256 valence electrons. The molecule has 0 aliphatic carbocycles. The van der Waals surface area contributed by atoms with E-state index in [1.54, 1.807) is 42.6 Å². The third kappa shape index (κ3) is 10.1. The van der Waals surface area contributed by atoms with Crippen molar-refractivity contribution in [1.29, 1.82) is 0 Å². The smallest absolute Gasteiger partial charge is 0.324 e. The summed E-state index contributed by atoms with van der Waals surface area (Å²) in [4.78, 5) is 33.5. The first-order valence-corrected chi connectivity index (χ1v) is 16.5. The number of nitrogens with two attached hydrogens (primary N) is 1. The monoisotopic (exact) mass is 684 g/mol. The molecule has 6 rings (SSSR count). The number of anilines is 2. The van der Waals surface area contributed by atoms with Crippen molar-refractivity contribution < 1.29 is 19.1 Å². The van der Waals surface area contributed by atoms with Crippen LogP contribution in [0.1, 0.15) is 56.2 Å². The fourth-order valence-electron chi connectivity index (χ4n) is 5.09. The normalized spacial score (nSPS) is 13.2. The van der Waals surface area contributed by atoms with Crippen LogP contribution in [0.5, 0.6) is 17.2 Å². The Balaban J connectivity index is 0.000000452. The van der Waals surface area contributed by atoms with Gasteiger partial charge < -0.3 is 20.5 Å². The Morgan fingerprint density at radius 1 is 0.939 bits per heavy atom. The lowest BCUT2D eigenvalue weighted by atomic mass is 9.92. The number of rotatable bonds is 9. The number of aromatic amines is 1. The molecule has 3 aromatic heterocycles. The number of halogens is 1. The molecule has 5 aromatic rings. The number of H-pyrrole nitrogens is 1. The van der Waals surface area contributed by atoms with Gasteiger partial charge in [-0.15, -0.1) is 0 Å². The number of hydrogen-bond acceptors (Lipinski definition) is 8. The molecule has 0 bridgehead atoms.